The minimum absolute atomic E-state index is 0. The highest BCUT2D eigenvalue weighted by molar-refractivity contribution is 5.85. The molecule has 10 heteroatoms. The number of hydrogen-bond donors (Lipinski definition) is 1. The van der Waals surface area contributed by atoms with E-state index in [0.29, 0.717) is 36.0 Å². The van der Waals surface area contributed by atoms with Gasteiger partial charge in [0.1, 0.15) is 18.1 Å². The van der Waals surface area contributed by atoms with Crippen molar-refractivity contribution < 1.29 is 27.4 Å². The number of benzene rings is 2. The van der Waals surface area contributed by atoms with Crippen molar-refractivity contribution in [3.63, 3.8) is 0 Å². The molecule has 0 unspecified atom stereocenters. The van der Waals surface area contributed by atoms with Crippen LogP contribution in [0.4, 0.5) is 13.2 Å². The van der Waals surface area contributed by atoms with Crippen LogP contribution in [-0.4, -0.2) is 42.8 Å². The van der Waals surface area contributed by atoms with Crippen LogP contribution in [-0.2, 0) is 0 Å². The van der Waals surface area contributed by atoms with Crippen LogP contribution in [0.1, 0.15) is 0 Å². The number of halogens is 4. The van der Waals surface area contributed by atoms with E-state index in [2.05, 4.69) is 5.10 Å². The van der Waals surface area contributed by atoms with Crippen LogP contribution < -0.4 is 19.9 Å². The first-order chi connectivity index (χ1) is 13.9. The van der Waals surface area contributed by atoms with Crippen LogP contribution in [0.5, 0.6) is 17.4 Å². The molecule has 0 saturated carbocycles. The van der Waals surface area contributed by atoms with Crippen LogP contribution in [0.15, 0.2) is 54.6 Å². The third kappa shape index (κ3) is 6.04. The van der Waals surface area contributed by atoms with Crippen LogP contribution in [0.2, 0.25) is 0 Å². The molecule has 0 amide bonds. The standard InChI is InChI=1S/C20H20F3N3O3.ClH/c1-27-16-8-4-15(5-9-16)26-18(12-19(25-26)29-13-20(21,22)23)14-2-6-17(7-3-14)28-11-10-24;/h2-9,12H,10-11,13,24H2,1H3;1H. The molecule has 2 N–H and O–H groups in total. The largest absolute Gasteiger partial charge is 0.497 e. The highest BCUT2D eigenvalue weighted by atomic mass is 35.5. The van der Waals surface area contributed by atoms with Crippen LogP contribution >= 0.6 is 12.4 Å². The molecule has 3 rings (SSSR count). The van der Waals surface area contributed by atoms with Crippen molar-refractivity contribution in [1.82, 2.24) is 9.78 Å². The lowest BCUT2D eigenvalue weighted by Crippen LogP contribution is -2.19. The number of rotatable bonds is 8. The zero-order valence-electron chi connectivity index (χ0n) is 16.1. The summed E-state index contributed by atoms with van der Waals surface area (Å²) >= 11 is 0. The van der Waals surface area contributed by atoms with Gasteiger partial charge in [-0.25, -0.2) is 4.68 Å². The molecule has 0 spiro atoms. The monoisotopic (exact) mass is 443 g/mol. The van der Waals surface area contributed by atoms with Gasteiger partial charge in [-0.1, -0.05) is 0 Å². The van der Waals surface area contributed by atoms with E-state index in [0.717, 1.165) is 5.56 Å². The fourth-order valence-corrected chi connectivity index (χ4v) is 2.61. The highest BCUT2D eigenvalue weighted by Gasteiger charge is 2.29. The fourth-order valence-electron chi connectivity index (χ4n) is 2.61. The summed E-state index contributed by atoms with van der Waals surface area (Å²) in [4.78, 5) is 0. The first kappa shape index (κ1) is 23.4. The normalized spacial score (nSPS) is 11.0. The number of methoxy groups -OCH3 is 1. The molecule has 0 bridgehead atoms. The Bertz CT molecular complexity index is 929. The highest BCUT2D eigenvalue weighted by Crippen LogP contribution is 2.30. The lowest BCUT2D eigenvalue weighted by Gasteiger charge is -2.09. The molecule has 1 heterocycles. The van der Waals surface area contributed by atoms with Gasteiger partial charge in [-0.2, -0.15) is 13.2 Å². The second-order valence-corrected chi connectivity index (χ2v) is 6.04. The molecule has 6 nitrogen and oxygen atoms in total. The average Bonchev–Trinajstić information content (AvgIpc) is 3.15. The van der Waals surface area contributed by atoms with Gasteiger partial charge >= 0.3 is 6.18 Å². The molecule has 0 aliphatic heterocycles. The van der Waals surface area contributed by atoms with Gasteiger partial charge in [0.05, 0.1) is 18.5 Å². The molecule has 2 aromatic carbocycles. The Kier molecular flexibility index (Phi) is 7.96. The Labute approximate surface area is 177 Å². The van der Waals surface area contributed by atoms with E-state index in [1.807, 2.05) is 0 Å². The molecule has 162 valence electrons. The van der Waals surface area contributed by atoms with Gasteiger partial charge in [0.25, 0.3) is 0 Å². The number of aromatic nitrogens is 2. The maximum Gasteiger partial charge on any atom is 0.422 e. The summed E-state index contributed by atoms with van der Waals surface area (Å²) < 4.78 is 54.5. The third-order valence-corrected chi connectivity index (χ3v) is 3.92. The number of hydrogen-bond acceptors (Lipinski definition) is 5. The Morgan fingerprint density at radius 2 is 1.60 bits per heavy atom. The Balaban J connectivity index is 0.00000320. The Morgan fingerprint density at radius 3 is 2.17 bits per heavy atom. The van der Waals surface area contributed by atoms with E-state index in [4.69, 9.17) is 19.9 Å². The van der Waals surface area contributed by atoms with Crippen LogP contribution in [0.25, 0.3) is 16.9 Å². The van der Waals surface area contributed by atoms with E-state index in [1.54, 1.807) is 55.6 Å². The van der Waals surface area contributed by atoms with Gasteiger partial charge in [0, 0.05) is 18.2 Å². The minimum atomic E-state index is -4.45. The summed E-state index contributed by atoms with van der Waals surface area (Å²) in [5.74, 6) is 1.16. The SMILES string of the molecule is COc1ccc(-n2nc(OCC(F)(F)F)cc2-c2ccc(OCCN)cc2)cc1.Cl. The molecule has 0 aliphatic rings. The first-order valence-electron chi connectivity index (χ1n) is 8.77. The van der Waals surface area contributed by atoms with E-state index < -0.39 is 12.8 Å². The van der Waals surface area contributed by atoms with Gasteiger partial charge in [-0.05, 0) is 48.5 Å². The molecule has 3 aromatic rings. The molecule has 0 atom stereocenters. The quantitative estimate of drug-likeness (QED) is 0.563. The summed E-state index contributed by atoms with van der Waals surface area (Å²) in [5, 5.41) is 4.19. The zero-order valence-corrected chi connectivity index (χ0v) is 16.9. The van der Waals surface area contributed by atoms with Crippen molar-refractivity contribution in [2.45, 2.75) is 6.18 Å². The number of nitrogens with two attached hydrogens (primary N) is 1. The van der Waals surface area contributed by atoms with E-state index >= 15 is 0 Å². The van der Waals surface area contributed by atoms with Crippen molar-refractivity contribution in [1.29, 1.82) is 0 Å². The Hall–Kier alpha value is -2.91. The third-order valence-electron chi connectivity index (χ3n) is 3.92. The van der Waals surface area contributed by atoms with Crippen molar-refractivity contribution >= 4 is 12.4 Å². The number of ether oxygens (including phenoxy) is 3. The van der Waals surface area contributed by atoms with Crippen LogP contribution in [0.3, 0.4) is 0 Å². The maximum absolute atomic E-state index is 12.5. The minimum Gasteiger partial charge on any atom is -0.497 e. The molecule has 0 radical (unpaired) electrons. The fraction of sp³-hybridized carbons (Fsp3) is 0.250. The smallest absolute Gasteiger partial charge is 0.422 e. The lowest BCUT2D eigenvalue weighted by molar-refractivity contribution is -0.154. The summed E-state index contributed by atoms with van der Waals surface area (Å²) in [6, 6.07) is 15.5. The molecule has 0 saturated heterocycles. The predicted molar refractivity (Wildman–Crippen MR) is 109 cm³/mol. The molecular formula is C20H21ClF3N3O3. The second-order valence-electron chi connectivity index (χ2n) is 6.04. The lowest BCUT2D eigenvalue weighted by atomic mass is 10.1. The average molecular weight is 444 g/mol. The van der Waals surface area contributed by atoms with Gasteiger partial charge in [0.15, 0.2) is 6.61 Å². The number of nitrogens with zero attached hydrogens (tertiary/aromatic N) is 2. The molecule has 1 aromatic heterocycles. The second kappa shape index (κ2) is 10.2. The number of alkyl halides is 3. The van der Waals surface area contributed by atoms with E-state index in [-0.39, 0.29) is 18.3 Å². The molecular weight excluding hydrogens is 423 g/mol. The van der Waals surface area contributed by atoms with Gasteiger partial charge in [-0.3, -0.25) is 0 Å². The van der Waals surface area contributed by atoms with Crippen molar-refractivity contribution in [2.24, 2.45) is 5.73 Å². The van der Waals surface area contributed by atoms with Crippen molar-refractivity contribution in [3.05, 3.63) is 54.6 Å². The molecule has 0 fully saturated rings. The molecule has 0 aliphatic carbocycles. The van der Waals surface area contributed by atoms with Gasteiger partial charge in [0.2, 0.25) is 5.88 Å². The first-order valence-corrected chi connectivity index (χ1v) is 8.77. The van der Waals surface area contributed by atoms with Crippen molar-refractivity contribution in [2.75, 3.05) is 26.9 Å². The summed E-state index contributed by atoms with van der Waals surface area (Å²) in [7, 11) is 1.55. The summed E-state index contributed by atoms with van der Waals surface area (Å²) in [6.45, 7) is -0.637. The van der Waals surface area contributed by atoms with Gasteiger partial charge < -0.3 is 19.9 Å². The van der Waals surface area contributed by atoms with Gasteiger partial charge in [-0.15, -0.1) is 17.5 Å². The Morgan fingerprint density at radius 1 is 0.967 bits per heavy atom. The predicted octanol–water partition coefficient (Wildman–Crippen LogP) is 4.25. The van der Waals surface area contributed by atoms with Crippen LogP contribution in [0, 0.1) is 0 Å². The van der Waals surface area contributed by atoms with E-state index in [9.17, 15) is 13.2 Å². The zero-order chi connectivity index (χ0) is 20.9. The summed E-state index contributed by atoms with van der Waals surface area (Å²) in [5.41, 5.74) is 7.37. The van der Waals surface area contributed by atoms with E-state index in [1.165, 1.54) is 10.7 Å². The maximum atomic E-state index is 12.5. The van der Waals surface area contributed by atoms with Crippen molar-refractivity contribution in [3.8, 4) is 34.3 Å². The molecule has 30 heavy (non-hydrogen) atoms. The summed E-state index contributed by atoms with van der Waals surface area (Å²) in [6.07, 6.45) is -4.45. The topological polar surface area (TPSA) is 71.5 Å².